The summed E-state index contributed by atoms with van der Waals surface area (Å²) in [7, 11) is 3.90. The summed E-state index contributed by atoms with van der Waals surface area (Å²) in [5, 5.41) is 9.86. The van der Waals surface area contributed by atoms with Crippen molar-refractivity contribution in [3.63, 3.8) is 0 Å². The lowest BCUT2D eigenvalue weighted by Crippen LogP contribution is -2.42. The molecule has 0 unspecified atom stereocenters. The third-order valence-electron chi connectivity index (χ3n) is 4.37. The number of carbonyl (C=O) groups is 1. The number of aromatic nitrogens is 3. The Bertz CT molecular complexity index is 764. The van der Waals surface area contributed by atoms with E-state index in [0.29, 0.717) is 31.8 Å². The molecule has 1 amide bonds. The van der Waals surface area contributed by atoms with Crippen LogP contribution in [-0.4, -0.2) is 57.6 Å². The average molecular weight is 341 g/mol. The second kappa shape index (κ2) is 7.14. The summed E-state index contributed by atoms with van der Waals surface area (Å²) in [6.45, 7) is 2.76. The first-order chi connectivity index (χ1) is 12.0. The van der Waals surface area contributed by atoms with E-state index >= 15 is 0 Å². The fourth-order valence-corrected chi connectivity index (χ4v) is 2.98. The van der Waals surface area contributed by atoms with Gasteiger partial charge in [0.15, 0.2) is 5.82 Å². The molecule has 0 saturated heterocycles. The van der Waals surface area contributed by atoms with Gasteiger partial charge in [-0.1, -0.05) is 6.92 Å². The largest absolute Gasteiger partial charge is 0.383 e. The van der Waals surface area contributed by atoms with E-state index in [2.05, 4.69) is 4.98 Å². The van der Waals surface area contributed by atoms with Crippen molar-refractivity contribution >= 4 is 11.7 Å². The van der Waals surface area contributed by atoms with Crippen molar-refractivity contribution in [3.8, 4) is 11.4 Å². The Hall–Kier alpha value is -2.54. The normalized spacial score (nSPS) is 14.8. The number of nitrogens with zero attached hydrogens (tertiary/aromatic N) is 5. The van der Waals surface area contributed by atoms with Crippen LogP contribution in [0.25, 0.3) is 11.4 Å². The van der Waals surface area contributed by atoms with Crippen molar-refractivity contribution in [2.75, 3.05) is 25.5 Å². The molecule has 1 aliphatic heterocycles. The van der Waals surface area contributed by atoms with Crippen LogP contribution in [-0.2, 0) is 17.8 Å². The van der Waals surface area contributed by atoms with Crippen molar-refractivity contribution in [3.05, 3.63) is 35.8 Å². The Morgan fingerprint density at radius 1 is 1.40 bits per heavy atom. The van der Waals surface area contributed by atoms with E-state index < -0.39 is 6.10 Å². The van der Waals surface area contributed by atoms with Crippen molar-refractivity contribution in [2.24, 2.45) is 0 Å². The van der Waals surface area contributed by atoms with Crippen LogP contribution in [0.3, 0.4) is 0 Å². The topological polar surface area (TPSA) is 82.4 Å². The molecule has 0 aliphatic carbocycles. The molecule has 0 radical (unpaired) electrons. The van der Waals surface area contributed by atoms with Gasteiger partial charge in [-0.3, -0.25) is 9.78 Å². The van der Waals surface area contributed by atoms with Crippen LogP contribution in [0.1, 0.15) is 24.6 Å². The first-order valence-corrected chi connectivity index (χ1v) is 8.45. The summed E-state index contributed by atoms with van der Waals surface area (Å²) in [4.78, 5) is 29.5. The molecular weight excluding hydrogens is 318 g/mol. The van der Waals surface area contributed by atoms with Crippen LogP contribution in [0.4, 0.5) is 5.82 Å². The number of anilines is 1. The molecule has 2 aromatic heterocycles. The number of hydrogen-bond acceptors (Lipinski definition) is 6. The molecule has 0 bridgehead atoms. The molecular formula is C18H23N5O2. The van der Waals surface area contributed by atoms with Gasteiger partial charge >= 0.3 is 0 Å². The summed E-state index contributed by atoms with van der Waals surface area (Å²) in [5.41, 5.74) is 2.73. The molecule has 7 nitrogen and oxygen atoms in total. The number of hydrogen-bond donors (Lipinski definition) is 1. The minimum Gasteiger partial charge on any atom is -0.383 e. The van der Waals surface area contributed by atoms with Crippen LogP contribution in [0.5, 0.6) is 0 Å². The van der Waals surface area contributed by atoms with Gasteiger partial charge in [0, 0.05) is 44.2 Å². The summed E-state index contributed by atoms with van der Waals surface area (Å²) in [5.74, 6) is 1.23. The second-order valence-electron chi connectivity index (χ2n) is 6.37. The van der Waals surface area contributed by atoms with Gasteiger partial charge in [0.25, 0.3) is 5.91 Å². The van der Waals surface area contributed by atoms with Crippen molar-refractivity contribution in [2.45, 2.75) is 32.4 Å². The van der Waals surface area contributed by atoms with Gasteiger partial charge in [0.1, 0.15) is 11.9 Å². The lowest BCUT2D eigenvalue weighted by atomic mass is 10.0. The van der Waals surface area contributed by atoms with Crippen molar-refractivity contribution < 1.29 is 9.90 Å². The van der Waals surface area contributed by atoms with E-state index in [0.717, 1.165) is 22.6 Å². The molecule has 1 aliphatic rings. The monoisotopic (exact) mass is 341 g/mol. The summed E-state index contributed by atoms with van der Waals surface area (Å²) in [6.07, 6.45) is 3.58. The third-order valence-corrected chi connectivity index (χ3v) is 4.37. The van der Waals surface area contributed by atoms with Crippen molar-refractivity contribution in [1.29, 1.82) is 0 Å². The molecule has 1 N–H and O–H groups in total. The fourth-order valence-electron chi connectivity index (χ4n) is 2.98. The molecule has 1 atom stereocenters. The Morgan fingerprint density at radius 2 is 2.20 bits per heavy atom. The highest BCUT2D eigenvalue weighted by atomic mass is 16.3. The van der Waals surface area contributed by atoms with Crippen LogP contribution in [0.2, 0.25) is 0 Å². The molecule has 25 heavy (non-hydrogen) atoms. The zero-order chi connectivity index (χ0) is 18.0. The van der Waals surface area contributed by atoms with Gasteiger partial charge in [0.2, 0.25) is 0 Å². The molecule has 2 aromatic rings. The lowest BCUT2D eigenvalue weighted by Gasteiger charge is -2.31. The first kappa shape index (κ1) is 17.3. The van der Waals surface area contributed by atoms with Crippen LogP contribution < -0.4 is 4.90 Å². The summed E-state index contributed by atoms with van der Waals surface area (Å²) in [6, 6.07) is 3.77. The average Bonchev–Trinajstić information content (AvgIpc) is 2.65. The number of pyridine rings is 1. The molecule has 3 rings (SSSR count). The lowest BCUT2D eigenvalue weighted by molar-refractivity contribution is -0.141. The molecule has 0 spiro atoms. The number of carbonyl (C=O) groups excluding carboxylic acids is 1. The zero-order valence-corrected chi connectivity index (χ0v) is 14.8. The zero-order valence-electron chi connectivity index (χ0n) is 14.8. The predicted molar refractivity (Wildman–Crippen MR) is 95.0 cm³/mol. The molecule has 0 aromatic carbocycles. The maximum atomic E-state index is 12.3. The highest BCUT2D eigenvalue weighted by molar-refractivity contribution is 5.81. The molecule has 0 saturated carbocycles. The molecule has 3 heterocycles. The first-order valence-electron chi connectivity index (χ1n) is 8.45. The van der Waals surface area contributed by atoms with Gasteiger partial charge < -0.3 is 14.9 Å². The SMILES string of the molecule is CC[C@H](O)C(=O)N1CCc2c(nc(-c3cccnc3)nc2N(C)C)C1. The van der Waals surface area contributed by atoms with Gasteiger partial charge in [-0.15, -0.1) is 0 Å². The predicted octanol–water partition coefficient (Wildman–Crippen LogP) is 1.26. The molecule has 0 fully saturated rings. The number of rotatable bonds is 4. The van der Waals surface area contributed by atoms with Gasteiger partial charge in [-0.2, -0.15) is 0 Å². The quantitative estimate of drug-likeness (QED) is 0.901. The summed E-state index contributed by atoms with van der Waals surface area (Å²) >= 11 is 0. The van der Waals surface area contributed by atoms with Gasteiger partial charge in [0.05, 0.1) is 12.2 Å². The van der Waals surface area contributed by atoms with Crippen LogP contribution in [0, 0.1) is 0 Å². The van der Waals surface area contributed by atoms with Gasteiger partial charge in [-0.05, 0) is 25.0 Å². The van der Waals surface area contributed by atoms with Gasteiger partial charge in [-0.25, -0.2) is 9.97 Å². The number of aliphatic hydroxyl groups is 1. The van der Waals surface area contributed by atoms with Crippen LogP contribution in [0.15, 0.2) is 24.5 Å². The van der Waals surface area contributed by atoms with Crippen molar-refractivity contribution in [1.82, 2.24) is 19.9 Å². The van der Waals surface area contributed by atoms with Crippen LogP contribution >= 0.6 is 0 Å². The second-order valence-corrected chi connectivity index (χ2v) is 6.37. The van der Waals surface area contributed by atoms with E-state index in [9.17, 15) is 9.90 Å². The minimum atomic E-state index is -0.950. The Labute approximate surface area is 147 Å². The van der Waals surface area contributed by atoms with E-state index in [1.165, 1.54) is 0 Å². The maximum Gasteiger partial charge on any atom is 0.251 e. The summed E-state index contributed by atoms with van der Waals surface area (Å²) < 4.78 is 0. The van der Waals surface area contributed by atoms with E-state index in [1.807, 2.05) is 31.1 Å². The van der Waals surface area contributed by atoms with E-state index in [-0.39, 0.29) is 5.91 Å². The highest BCUT2D eigenvalue weighted by Gasteiger charge is 2.28. The number of fused-ring (bicyclic) bond motifs is 1. The molecule has 7 heteroatoms. The Morgan fingerprint density at radius 3 is 2.84 bits per heavy atom. The third kappa shape index (κ3) is 3.46. The molecule has 132 valence electrons. The highest BCUT2D eigenvalue weighted by Crippen LogP contribution is 2.28. The van der Waals surface area contributed by atoms with E-state index in [4.69, 9.17) is 9.97 Å². The fraction of sp³-hybridized carbons (Fsp3) is 0.444. The minimum absolute atomic E-state index is 0.235. The van der Waals surface area contributed by atoms with E-state index in [1.54, 1.807) is 24.2 Å². The standard InChI is InChI=1S/C18H23N5O2/c1-4-15(24)18(25)23-9-7-13-14(11-23)20-16(21-17(13)22(2)3)12-6-5-8-19-10-12/h5-6,8,10,15,24H,4,7,9,11H2,1-3H3/t15-/m0/s1. The Kier molecular flexibility index (Phi) is 4.94. The maximum absolute atomic E-state index is 12.3. The Balaban J connectivity index is 2.00. The number of aliphatic hydroxyl groups excluding tert-OH is 1. The number of amides is 1. The smallest absolute Gasteiger partial charge is 0.251 e.